The maximum Gasteiger partial charge on any atom is 0.326 e. The standard InChI is InChI=1S/C22H29N5O10/c23-12(9-18(31)32)19(33)26-15(10-16(24)28)21(35)27-14(8-11-4-2-1-3-5-11)20(34)25-13(22(36)37)6-7-17(29)30/h1-5,12-15H,6-10,23H2,(H2,24,28)(H,25,34)(H,26,33)(H,27,35)(H,29,30)(H,31,32)(H,36,37). The molecule has 1 aromatic rings. The number of nitrogens with two attached hydrogens (primary N) is 2. The molecule has 15 heteroatoms. The number of rotatable bonds is 16. The first-order chi connectivity index (χ1) is 17.3. The van der Waals surface area contributed by atoms with Crippen molar-refractivity contribution >= 4 is 41.5 Å². The van der Waals surface area contributed by atoms with Gasteiger partial charge in [-0.3, -0.25) is 28.8 Å². The van der Waals surface area contributed by atoms with Crippen LogP contribution in [-0.2, 0) is 40.0 Å². The topological polar surface area (TPSA) is 268 Å². The second-order valence-corrected chi connectivity index (χ2v) is 8.02. The van der Waals surface area contributed by atoms with Crippen molar-refractivity contribution in [2.75, 3.05) is 0 Å². The average Bonchev–Trinajstić information content (AvgIpc) is 2.80. The van der Waals surface area contributed by atoms with Crippen molar-refractivity contribution in [3.63, 3.8) is 0 Å². The number of benzene rings is 1. The Balaban J connectivity index is 3.13. The molecule has 4 atom stereocenters. The van der Waals surface area contributed by atoms with Gasteiger partial charge >= 0.3 is 17.9 Å². The lowest BCUT2D eigenvalue weighted by atomic mass is 10.0. The van der Waals surface area contributed by atoms with E-state index in [1.807, 2.05) is 0 Å². The van der Waals surface area contributed by atoms with E-state index in [4.69, 9.17) is 21.7 Å². The van der Waals surface area contributed by atoms with E-state index in [1.165, 1.54) is 0 Å². The van der Waals surface area contributed by atoms with Gasteiger partial charge in [0, 0.05) is 12.8 Å². The van der Waals surface area contributed by atoms with Crippen molar-refractivity contribution in [2.24, 2.45) is 11.5 Å². The number of carbonyl (C=O) groups excluding carboxylic acids is 4. The van der Waals surface area contributed by atoms with Crippen LogP contribution in [0.1, 0.15) is 31.2 Å². The molecule has 0 aliphatic carbocycles. The van der Waals surface area contributed by atoms with Crippen LogP contribution in [0, 0.1) is 0 Å². The third kappa shape index (κ3) is 11.6. The number of carboxylic acids is 3. The number of primary amides is 1. The highest BCUT2D eigenvalue weighted by atomic mass is 16.4. The van der Waals surface area contributed by atoms with Crippen LogP contribution in [0.5, 0.6) is 0 Å². The van der Waals surface area contributed by atoms with Crippen LogP contribution >= 0.6 is 0 Å². The molecule has 1 rings (SSSR count). The number of hydrogen-bond donors (Lipinski definition) is 8. The molecule has 0 saturated heterocycles. The number of amides is 4. The summed E-state index contributed by atoms with van der Waals surface area (Å²) < 4.78 is 0. The molecular formula is C22H29N5O10. The zero-order valence-electron chi connectivity index (χ0n) is 19.6. The smallest absolute Gasteiger partial charge is 0.326 e. The Bertz CT molecular complexity index is 1020. The number of nitrogens with one attached hydrogen (secondary N) is 3. The summed E-state index contributed by atoms with van der Waals surface area (Å²) >= 11 is 0. The molecule has 0 aliphatic rings. The summed E-state index contributed by atoms with van der Waals surface area (Å²) in [6.07, 6.45) is -2.59. The monoisotopic (exact) mass is 523 g/mol. The number of aliphatic carboxylic acids is 3. The highest BCUT2D eigenvalue weighted by Gasteiger charge is 2.31. The number of carboxylic acid groups (broad SMARTS) is 3. The van der Waals surface area contributed by atoms with Gasteiger partial charge in [0.1, 0.15) is 18.1 Å². The quantitative estimate of drug-likeness (QED) is 0.110. The van der Waals surface area contributed by atoms with Gasteiger partial charge in [-0.2, -0.15) is 0 Å². The van der Waals surface area contributed by atoms with Gasteiger partial charge in [0.25, 0.3) is 0 Å². The molecule has 0 aromatic heterocycles. The lowest BCUT2D eigenvalue weighted by Gasteiger charge is -2.24. The molecule has 0 spiro atoms. The summed E-state index contributed by atoms with van der Waals surface area (Å²) in [5.41, 5.74) is 11.2. The molecule has 4 amide bonds. The Labute approximate surface area is 210 Å². The molecular weight excluding hydrogens is 494 g/mol. The molecule has 0 aliphatic heterocycles. The molecule has 0 fully saturated rings. The fourth-order valence-electron chi connectivity index (χ4n) is 3.10. The van der Waals surface area contributed by atoms with Gasteiger partial charge in [-0.15, -0.1) is 0 Å². The van der Waals surface area contributed by atoms with Gasteiger partial charge in [-0.1, -0.05) is 30.3 Å². The summed E-state index contributed by atoms with van der Waals surface area (Å²) in [5, 5.41) is 33.6. The van der Waals surface area contributed by atoms with Crippen molar-refractivity contribution < 1.29 is 48.9 Å². The first-order valence-electron chi connectivity index (χ1n) is 11.0. The average molecular weight is 523 g/mol. The van der Waals surface area contributed by atoms with E-state index >= 15 is 0 Å². The zero-order chi connectivity index (χ0) is 28.1. The third-order valence-corrected chi connectivity index (χ3v) is 4.95. The first kappa shape index (κ1) is 30.5. The van der Waals surface area contributed by atoms with E-state index in [0.717, 1.165) is 0 Å². The normalized spacial score (nSPS) is 13.8. The predicted molar refractivity (Wildman–Crippen MR) is 124 cm³/mol. The molecule has 10 N–H and O–H groups in total. The second-order valence-electron chi connectivity index (χ2n) is 8.02. The summed E-state index contributed by atoms with van der Waals surface area (Å²) in [6, 6.07) is 2.08. The van der Waals surface area contributed by atoms with E-state index in [2.05, 4.69) is 16.0 Å². The molecule has 0 saturated carbocycles. The number of carbonyl (C=O) groups is 7. The van der Waals surface area contributed by atoms with E-state index < -0.39 is 91.4 Å². The van der Waals surface area contributed by atoms with Crippen LogP contribution < -0.4 is 27.4 Å². The Morgan fingerprint density at radius 3 is 1.78 bits per heavy atom. The molecule has 37 heavy (non-hydrogen) atoms. The lowest BCUT2D eigenvalue weighted by molar-refractivity contribution is -0.143. The van der Waals surface area contributed by atoms with Crippen LogP contribution in [0.3, 0.4) is 0 Å². The van der Waals surface area contributed by atoms with Gasteiger partial charge in [-0.25, -0.2) is 4.79 Å². The van der Waals surface area contributed by atoms with Crippen molar-refractivity contribution in [1.29, 1.82) is 0 Å². The Morgan fingerprint density at radius 2 is 1.27 bits per heavy atom. The first-order valence-corrected chi connectivity index (χ1v) is 11.0. The zero-order valence-corrected chi connectivity index (χ0v) is 19.6. The predicted octanol–water partition coefficient (Wildman–Crippen LogP) is -2.69. The van der Waals surface area contributed by atoms with Crippen molar-refractivity contribution in [1.82, 2.24) is 16.0 Å². The number of hydrogen-bond acceptors (Lipinski definition) is 8. The molecule has 15 nitrogen and oxygen atoms in total. The van der Waals surface area contributed by atoms with Crippen molar-refractivity contribution in [3.05, 3.63) is 35.9 Å². The van der Waals surface area contributed by atoms with Gasteiger partial charge in [-0.05, 0) is 12.0 Å². The van der Waals surface area contributed by atoms with Crippen molar-refractivity contribution in [3.8, 4) is 0 Å². The minimum absolute atomic E-state index is 0.139. The van der Waals surface area contributed by atoms with Gasteiger partial charge in [0.05, 0.1) is 18.9 Å². The van der Waals surface area contributed by atoms with Crippen LogP contribution in [0.15, 0.2) is 30.3 Å². The van der Waals surface area contributed by atoms with Crippen molar-refractivity contribution in [2.45, 2.75) is 56.3 Å². The third-order valence-electron chi connectivity index (χ3n) is 4.95. The van der Waals surface area contributed by atoms with E-state index in [0.29, 0.717) is 5.56 Å². The summed E-state index contributed by atoms with van der Waals surface area (Å²) in [7, 11) is 0. The largest absolute Gasteiger partial charge is 0.481 e. The Hall–Kier alpha value is -4.53. The minimum atomic E-state index is -1.63. The fourth-order valence-corrected chi connectivity index (χ4v) is 3.10. The fraction of sp³-hybridized carbons (Fsp3) is 0.409. The molecule has 0 radical (unpaired) electrons. The lowest BCUT2D eigenvalue weighted by Crippen LogP contribution is -2.58. The minimum Gasteiger partial charge on any atom is -0.481 e. The molecule has 0 bridgehead atoms. The molecule has 1 aromatic carbocycles. The molecule has 4 unspecified atom stereocenters. The van der Waals surface area contributed by atoms with Crippen LogP contribution in [0.2, 0.25) is 0 Å². The van der Waals surface area contributed by atoms with Gasteiger partial charge in [0.15, 0.2) is 0 Å². The van der Waals surface area contributed by atoms with Crippen LogP contribution in [0.4, 0.5) is 0 Å². The van der Waals surface area contributed by atoms with E-state index in [-0.39, 0.29) is 6.42 Å². The highest BCUT2D eigenvalue weighted by Crippen LogP contribution is 2.07. The van der Waals surface area contributed by atoms with E-state index in [9.17, 15) is 38.7 Å². The summed E-state index contributed by atoms with van der Waals surface area (Å²) in [4.78, 5) is 82.7. The Kier molecular flexibility index (Phi) is 12.2. The summed E-state index contributed by atoms with van der Waals surface area (Å²) in [6.45, 7) is 0. The molecule has 0 heterocycles. The Morgan fingerprint density at radius 1 is 0.730 bits per heavy atom. The second kappa shape index (κ2) is 14.8. The summed E-state index contributed by atoms with van der Waals surface area (Å²) in [5.74, 6) is -8.24. The van der Waals surface area contributed by atoms with Crippen LogP contribution in [0.25, 0.3) is 0 Å². The van der Waals surface area contributed by atoms with Gasteiger partial charge < -0.3 is 42.7 Å². The maximum absolute atomic E-state index is 12.9. The highest BCUT2D eigenvalue weighted by molar-refractivity contribution is 5.96. The van der Waals surface area contributed by atoms with Crippen LogP contribution in [-0.4, -0.2) is 81.0 Å². The SMILES string of the molecule is NC(=O)CC(NC(=O)C(N)CC(=O)O)C(=O)NC(Cc1ccccc1)C(=O)NC(CCC(=O)O)C(=O)O. The molecule has 202 valence electrons. The maximum atomic E-state index is 12.9. The van der Waals surface area contributed by atoms with Gasteiger partial charge in [0.2, 0.25) is 23.6 Å². The van der Waals surface area contributed by atoms with E-state index in [1.54, 1.807) is 30.3 Å².